The lowest BCUT2D eigenvalue weighted by Crippen LogP contribution is -2.48. The fourth-order valence-corrected chi connectivity index (χ4v) is 2.07. The normalized spacial score (nSPS) is 31.8. The van der Waals surface area contributed by atoms with Crippen molar-refractivity contribution in [3.8, 4) is 0 Å². The zero-order valence-corrected chi connectivity index (χ0v) is 8.00. The van der Waals surface area contributed by atoms with Gasteiger partial charge in [-0.1, -0.05) is 12.5 Å². The lowest BCUT2D eigenvalue weighted by Gasteiger charge is -2.39. The fourth-order valence-electron chi connectivity index (χ4n) is 2.07. The average molecular weight is 168 g/mol. The summed E-state index contributed by atoms with van der Waals surface area (Å²) in [6.07, 6.45) is 5.88. The van der Waals surface area contributed by atoms with Gasteiger partial charge in [-0.25, -0.2) is 0 Å². The number of likely N-dealkylation sites (tertiary alicyclic amines) is 1. The first-order valence-electron chi connectivity index (χ1n) is 4.86. The zero-order valence-electron chi connectivity index (χ0n) is 8.00. The number of nitrogens with zero attached hydrogens (tertiary/aromatic N) is 1. The molecule has 2 nitrogen and oxygen atoms in total. The summed E-state index contributed by atoms with van der Waals surface area (Å²) in [6.45, 7) is 7.84. The van der Waals surface area contributed by atoms with Gasteiger partial charge in [0.2, 0.25) is 0 Å². The molecule has 1 heterocycles. The van der Waals surface area contributed by atoms with Crippen molar-refractivity contribution in [1.29, 1.82) is 0 Å². The van der Waals surface area contributed by atoms with Crippen LogP contribution in [0.3, 0.4) is 0 Å². The van der Waals surface area contributed by atoms with Crippen LogP contribution in [0.2, 0.25) is 0 Å². The number of hydrogen-bond donors (Lipinski definition) is 1. The van der Waals surface area contributed by atoms with E-state index >= 15 is 0 Å². The summed E-state index contributed by atoms with van der Waals surface area (Å²) in [7, 11) is 0. The van der Waals surface area contributed by atoms with E-state index in [0.29, 0.717) is 12.1 Å². The molecule has 1 rings (SSSR count). The van der Waals surface area contributed by atoms with Gasteiger partial charge in [-0.3, -0.25) is 4.90 Å². The number of rotatable bonds is 3. The van der Waals surface area contributed by atoms with Crippen LogP contribution in [-0.4, -0.2) is 30.1 Å². The molecule has 0 bridgehead atoms. The molecule has 2 unspecified atom stereocenters. The molecular weight excluding hydrogens is 148 g/mol. The number of hydrogen-bond acceptors (Lipinski definition) is 2. The van der Waals surface area contributed by atoms with Crippen molar-refractivity contribution in [2.24, 2.45) is 5.73 Å². The van der Waals surface area contributed by atoms with Crippen molar-refractivity contribution in [1.82, 2.24) is 4.90 Å². The van der Waals surface area contributed by atoms with Gasteiger partial charge in [0.15, 0.2) is 0 Å². The lowest BCUT2D eigenvalue weighted by molar-refractivity contribution is 0.112. The molecule has 0 aromatic carbocycles. The van der Waals surface area contributed by atoms with Crippen molar-refractivity contribution in [3.05, 3.63) is 12.7 Å². The molecule has 0 saturated carbocycles. The third-order valence-corrected chi connectivity index (χ3v) is 2.81. The molecule has 2 atom stereocenters. The van der Waals surface area contributed by atoms with Gasteiger partial charge in [-0.2, -0.15) is 0 Å². The van der Waals surface area contributed by atoms with Gasteiger partial charge in [0.1, 0.15) is 0 Å². The van der Waals surface area contributed by atoms with E-state index in [1.54, 1.807) is 0 Å². The van der Waals surface area contributed by atoms with Crippen molar-refractivity contribution in [3.63, 3.8) is 0 Å². The van der Waals surface area contributed by atoms with Gasteiger partial charge in [0.05, 0.1) is 0 Å². The second-order valence-electron chi connectivity index (χ2n) is 3.65. The van der Waals surface area contributed by atoms with Crippen molar-refractivity contribution in [2.75, 3.05) is 13.1 Å². The molecule has 0 radical (unpaired) electrons. The molecule has 1 aliphatic heterocycles. The van der Waals surface area contributed by atoms with Crippen LogP contribution < -0.4 is 5.73 Å². The molecule has 0 spiro atoms. The minimum absolute atomic E-state index is 0.590. The highest BCUT2D eigenvalue weighted by Gasteiger charge is 2.25. The topological polar surface area (TPSA) is 29.3 Å². The van der Waals surface area contributed by atoms with Crippen LogP contribution >= 0.6 is 0 Å². The molecule has 2 N–H and O–H groups in total. The Morgan fingerprint density at radius 2 is 2.33 bits per heavy atom. The maximum atomic E-state index is 5.71. The van der Waals surface area contributed by atoms with Gasteiger partial charge in [0.25, 0.3) is 0 Å². The molecule has 0 aromatic heterocycles. The molecule has 70 valence electrons. The first-order valence-corrected chi connectivity index (χ1v) is 4.86. The van der Waals surface area contributed by atoms with Crippen LogP contribution in [0.1, 0.15) is 26.2 Å². The summed E-state index contributed by atoms with van der Waals surface area (Å²) < 4.78 is 0. The van der Waals surface area contributed by atoms with Crippen molar-refractivity contribution in [2.45, 2.75) is 38.3 Å². The Kier molecular flexibility index (Phi) is 3.76. The van der Waals surface area contributed by atoms with Gasteiger partial charge in [0, 0.05) is 25.2 Å². The zero-order chi connectivity index (χ0) is 8.97. The summed E-state index contributed by atoms with van der Waals surface area (Å²) in [5, 5.41) is 0. The Balaban J connectivity index is 2.52. The number of nitrogens with two attached hydrogens (primary N) is 1. The second kappa shape index (κ2) is 4.63. The predicted molar refractivity (Wildman–Crippen MR) is 53.1 cm³/mol. The van der Waals surface area contributed by atoms with Crippen LogP contribution in [0.15, 0.2) is 12.7 Å². The first kappa shape index (κ1) is 9.75. The van der Waals surface area contributed by atoms with Crippen molar-refractivity contribution < 1.29 is 0 Å². The van der Waals surface area contributed by atoms with Crippen molar-refractivity contribution >= 4 is 0 Å². The standard InChI is InChI=1S/C10H20N2/c1-3-7-12-9(2)5-4-6-10(12)8-11/h3,9-10H,1,4-8,11H2,2H3. The number of piperidine rings is 1. The summed E-state index contributed by atoms with van der Waals surface area (Å²) in [6, 6.07) is 1.28. The Morgan fingerprint density at radius 1 is 1.58 bits per heavy atom. The highest BCUT2D eigenvalue weighted by molar-refractivity contribution is 4.87. The van der Waals surface area contributed by atoms with E-state index in [-0.39, 0.29) is 0 Å². The summed E-state index contributed by atoms with van der Waals surface area (Å²) in [4.78, 5) is 2.47. The van der Waals surface area contributed by atoms with Crippen LogP contribution in [0.4, 0.5) is 0 Å². The molecule has 0 aliphatic carbocycles. The van der Waals surface area contributed by atoms with E-state index < -0.39 is 0 Å². The van der Waals surface area contributed by atoms with E-state index in [9.17, 15) is 0 Å². The highest BCUT2D eigenvalue weighted by atomic mass is 15.2. The van der Waals surface area contributed by atoms with E-state index in [1.807, 2.05) is 6.08 Å². The quantitative estimate of drug-likeness (QED) is 0.645. The van der Waals surface area contributed by atoms with Crippen LogP contribution in [0, 0.1) is 0 Å². The average Bonchev–Trinajstić information content (AvgIpc) is 2.09. The maximum Gasteiger partial charge on any atom is 0.0224 e. The minimum atomic E-state index is 0.590. The largest absolute Gasteiger partial charge is 0.329 e. The highest BCUT2D eigenvalue weighted by Crippen LogP contribution is 2.21. The molecule has 1 aliphatic rings. The SMILES string of the molecule is C=CCN1C(C)CCCC1CN. The molecule has 1 saturated heterocycles. The first-order chi connectivity index (χ1) is 5.79. The molecule has 1 fully saturated rings. The van der Waals surface area contributed by atoms with Gasteiger partial charge in [-0.15, -0.1) is 6.58 Å². The smallest absolute Gasteiger partial charge is 0.0224 e. The summed E-state index contributed by atoms with van der Waals surface area (Å²) in [5.41, 5.74) is 5.71. The maximum absolute atomic E-state index is 5.71. The fraction of sp³-hybridized carbons (Fsp3) is 0.800. The van der Waals surface area contributed by atoms with Crippen LogP contribution in [0.25, 0.3) is 0 Å². The third kappa shape index (κ3) is 2.08. The lowest BCUT2D eigenvalue weighted by atomic mass is 9.96. The van der Waals surface area contributed by atoms with E-state index in [4.69, 9.17) is 5.73 Å². The van der Waals surface area contributed by atoms with Gasteiger partial charge >= 0.3 is 0 Å². The molecular formula is C10H20N2. The summed E-state index contributed by atoms with van der Waals surface area (Å²) in [5.74, 6) is 0. The second-order valence-corrected chi connectivity index (χ2v) is 3.65. The van der Waals surface area contributed by atoms with E-state index in [2.05, 4.69) is 18.4 Å². The van der Waals surface area contributed by atoms with Crippen LogP contribution in [-0.2, 0) is 0 Å². The summed E-state index contributed by atoms with van der Waals surface area (Å²) >= 11 is 0. The monoisotopic (exact) mass is 168 g/mol. The predicted octanol–water partition coefficient (Wildman–Crippen LogP) is 1.37. The Morgan fingerprint density at radius 3 is 2.92 bits per heavy atom. The van der Waals surface area contributed by atoms with E-state index in [0.717, 1.165) is 13.1 Å². The Labute approximate surface area is 75.4 Å². The van der Waals surface area contributed by atoms with Gasteiger partial charge in [-0.05, 0) is 19.8 Å². The molecule has 12 heavy (non-hydrogen) atoms. The van der Waals surface area contributed by atoms with E-state index in [1.165, 1.54) is 19.3 Å². The molecule has 0 aromatic rings. The third-order valence-electron chi connectivity index (χ3n) is 2.81. The Hall–Kier alpha value is -0.340. The van der Waals surface area contributed by atoms with Crippen LogP contribution in [0.5, 0.6) is 0 Å². The molecule has 0 amide bonds. The van der Waals surface area contributed by atoms with Gasteiger partial charge < -0.3 is 5.73 Å². The minimum Gasteiger partial charge on any atom is -0.329 e. The molecule has 2 heteroatoms. The Bertz CT molecular complexity index is 145.